The number of hydrogen-bond acceptors (Lipinski definition) is 4. The molecule has 1 aromatic rings. The number of nitrogens with one attached hydrogen (secondary N) is 2. The van der Waals surface area contributed by atoms with Gasteiger partial charge in [-0.1, -0.05) is 25.7 Å². The monoisotopic (exact) mass is 364 g/mol. The van der Waals surface area contributed by atoms with Crippen molar-refractivity contribution in [2.75, 3.05) is 13.1 Å². The fraction of sp³-hybridized carbons (Fsp3) is 0.800. The third-order valence-electron chi connectivity index (χ3n) is 4.28. The first kappa shape index (κ1) is 20.4. The smallest absolute Gasteiger partial charge is 0.259 e. The molecule has 0 unspecified atom stereocenters. The molecule has 8 heteroatoms. The van der Waals surface area contributed by atoms with Gasteiger partial charge in [0.1, 0.15) is 5.82 Å². The molecular weight excluding hydrogens is 336 g/mol. The standard InChI is InChI=1S/C15H28N4O2S.ClH/c1-3-19-12-15(18-13(19)2)22(20,21)17-11-10-16-14-8-6-4-5-7-9-14;/h12,14,16-17H,3-11H2,1-2H3;1H. The van der Waals surface area contributed by atoms with Crippen LogP contribution in [0.15, 0.2) is 11.2 Å². The number of aryl methyl sites for hydroxylation is 2. The highest BCUT2D eigenvalue weighted by Crippen LogP contribution is 2.16. The van der Waals surface area contributed by atoms with Gasteiger partial charge >= 0.3 is 0 Å². The quantitative estimate of drug-likeness (QED) is 0.574. The predicted molar refractivity (Wildman–Crippen MR) is 94.6 cm³/mol. The molecule has 6 nitrogen and oxygen atoms in total. The van der Waals surface area contributed by atoms with Crippen molar-refractivity contribution < 1.29 is 8.42 Å². The van der Waals surface area contributed by atoms with Crippen LogP contribution in [-0.4, -0.2) is 37.1 Å². The normalized spacial score (nSPS) is 16.8. The Kier molecular flexibility index (Phi) is 8.53. The van der Waals surface area contributed by atoms with Gasteiger partial charge in [-0.2, -0.15) is 0 Å². The fourth-order valence-electron chi connectivity index (χ4n) is 2.95. The highest BCUT2D eigenvalue weighted by Gasteiger charge is 2.18. The Bertz CT molecular complexity index is 566. The van der Waals surface area contributed by atoms with Crippen LogP contribution in [0.1, 0.15) is 51.3 Å². The Hall–Kier alpha value is -0.630. The van der Waals surface area contributed by atoms with Crippen molar-refractivity contribution in [1.29, 1.82) is 0 Å². The van der Waals surface area contributed by atoms with Gasteiger partial charge in [-0.15, -0.1) is 12.4 Å². The van der Waals surface area contributed by atoms with Crippen molar-refractivity contribution >= 4 is 22.4 Å². The van der Waals surface area contributed by atoms with Crippen LogP contribution in [0.2, 0.25) is 0 Å². The average Bonchev–Trinajstić information content (AvgIpc) is 2.71. The minimum absolute atomic E-state index is 0. The van der Waals surface area contributed by atoms with Gasteiger partial charge in [0.25, 0.3) is 10.0 Å². The molecule has 0 atom stereocenters. The van der Waals surface area contributed by atoms with Crippen molar-refractivity contribution in [1.82, 2.24) is 19.6 Å². The van der Waals surface area contributed by atoms with Crippen molar-refractivity contribution in [3.63, 3.8) is 0 Å². The lowest BCUT2D eigenvalue weighted by molar-refractivity contribution is 0.461. The maximum absolute atomic E-state index is 12.2. The van der Waals surface area contributed by atoms with E-state index in [1.807, 2.05) is 18.4 Å². The van der Waals surface area contributed by atoms with Crippen LogP contribution < -0.4 is 10.0 Å². The van der Waals surface area contributed by atoms with Crippen molar-refractivity contribution in [2.45, 2.75) is 70.0 Å². The summed E-state index contributed by atoms with van der Waals surface area (Å²) in [6, 6.07) is 0.536. The summed E-state index contributed by atoms with van der Waals surface area (Å²) >= 11 is 0. The van der Waals surface area contributed by atoms with Crippen LogP contribution in [-0.2, 0) is 16.6 Å². The first-order chi connectivity index (χ1) is 10.5. The van der Waals surface area contributed by atoms with Crippen LogP contribution in [0.5, 0.6) is 0 Å². The molecule has 0 spiro atoms. The molecule has 1 saturated carbocycles. The summed E-state index contributed by atoms with van der Waals surface area (Å²) in [6.07, 6.45) is 9.19. The van der Waals surface area contributed by atoms with Crippen LogP contribution in [0, 0.1) is 6.92 Å². The third kappa shape index (κ3) is 6.06. The van der Waals surface area contributed by atoms with E-state index in [4.69, 9.17) is 0 Å². The second-order valence-electron chi connectivity index (χ2n) is 5.95. The first-order valence-electron chi connectivity index (χ1n) is 8.29. The molecule has 0 radical (unpaired) electrons. The minimum atomic E-state index is -3.50. The highest BCUT2D eigenvalue weighted by molar-refractivity contribution is 7.89. The Morgan fingerprint density at radius 1 is 1.22 bits per heavy atom. The molecule has 134 valence electrons. The molecule has 23 heavy (non-hydrogen) atoms. The van der Waals surface area contributed by atoms with Crippen molar-refractivity contribution in [2.24, 2.45) is 0 Å². The Morgan fingerprint density at radius 2 is 1.87 bits per heavy atom. The average molecular weight is 365 g/mol. The molecule has 1 fully saturated rings. The van der Waals surface area contributed by atoms with E-state index in [1.54, 1.807) is 6.20 Å². The third-order valence-corrected chi connectivity index (χ3v) is 5.61. The van der Waals surface area contributed by atoms with Gasteiger partial charge in [0.05, 0.1) is 0 Å². The summed E-state index contributed by atoms with van der Waals surface area (Å²) in [6.45, 7) is 5.57. The van der Waals surface area contributed by atoms with Crippen LogP contribution >= 0.6 is 12.4 Å². The zero-order valence-electron chi connectivity index (χ0n) is 14.0. The van der Waals surface area contributed by atoms with E-state index in [1.165, 1.54) is 38.5 Å². The number of hydrogen-bond donors (Lipinski definition) is 2. The summed E-state index contributed by atoms with van der Waals surface area (Å²) in [5.74, 6) is 0.722. The van der Waals surface area contributed by atoms with Crippen LogP contribution in [0.3, 0.4) is 0 Å². The lowest BCUT2D eigenvalue weighted by Crippen LogP contribution is -2.37. The van der Waals surface area contributed by atoms with E-state index in [0.29, 0.717) is 19.1 Å². The molecule has 1 aromatic heterocycles. The number of nitrogens with zero attached hydrogens (tertiary/aromatic N) is 2. The Balaban J connectivity index is 0.00000264. The van der Waals surface area contributed by atoms with E-state index in [9.17, 15) is 8.42 Å². The molecule has 1 aliphatic carbocycles. The van der Waals surface area contributed by atoms with E-state index < -0.39 is 10.0 Å². The Morgan fingerprint density at radius 3 is 2.43 bits per heavy atom. The van der Waals surface area contributed by atoms with Gasteiger partial charge in [-0.05, 0) is 26.7 Å². The van der Waals surface area contributed by atoms with Gasteiger partial charge in [0.15, 0.2) is 5.03 Å². The zero-order chi connectivity index (χ0) is 16.0. The highest BCUT2D eigenvalue weighted by atomic mass is 35.5. The largest absolute Gasteiger partial charge is 0.334 e. The van der Waals surface area contributed by atoms with E-state index in [2.05, 4.69) is 15.0 Å². The van der Waals surface area contributed by atoms with E-state index >= 15 is 0 Å². The summed E-state index contributed by atoms with van der Waals surface area (Å²) in [5, 5.41) is 3.57. The maximum Gasteiger partial charge on any atom is 0.259 e. The molecule has 0 bridgehead atoms. The predicted octanol–water partition coefficient (Wildman–Crippen LogP) is 2.22. The van der Waals surface area contributed by atoms with Crippen molar-refractivity contribution in [3.8, 4) is 0 Å². The second-order valence-corrected chi connectivity index (χ2v) is 7.67. The molecule has 0 amide bonds. The number of halogens is 1. The number of aromatic nitrogens is 2. The molecule has 1 aliphatic rings. The lowest BCUT2D eigenvalue weighted by Gasteiger charge is -2.16. The molecule has 0 saturated heterocycles. The van der Waals surface area contributed by atoms with E-state index in [-0.39, 0.29) is 17.4 Å². The summed E-state index contributed by atoms with van der Waals surface area (Å²) in [7, 11) is -3.50. The number of imidazole rings is 1. The SMILES string of the molecule is CCn1cc(S(=O)(=O)NCCNC2CCCCCC2)nc1C.Cl. The lowest BCUT2D eigenvalue weighted by atomic mass is 10.1. The van der Waals surface area contributed by atoms with Gasteiger partial charge in [0.2, 0.25) is 0 Å². The van der Waals surface area contributed by atoms with Crippen LogP contribution in [0.4, 0.5) is 0 Å². The summed E-state index contributed by atoms with van der Waals surface area (Å²) < 4.78 is 28.9. The zero-order valence-corrected chi connectivity index (χ0v) is 15.7. The molecule has 2 rings (SSSR count). The molecule has 1 heterocycles. The number of sulfonamides is 1. The van der Waals surface area contributed by atoms with Crippen LogP contribution in [0.25, 0.3) is 0 Å². The summed E-state index contributed by atoms with van der Waals surface area (Å²) in [4.78, 5) is 4.13. The molecule has 2 N–H and O–H groups in total. The maximum atomic E-state index is 12.2. The molecule has 0 aliphatic heterocycles. The van der Waals surface area contributed by atoms with Gasteiger partial charge in [0, 0.05) is 31.9 Å². The second kappa shape index (κ2) is 9.61. The van der Waals surface area contributed by atoms with Gasteiger partial charge < -0.3 is 9.88 Å². The molecular formula is C15H29ClN4O2S. The first-order valence-corrected chi connectivity index (χ1v) is 9.78. The van der Waals surface area contributed by atoms with Gasteiger partial charge in [-0.3, -0.25) is 0 Å². The Labute approximate surface area is 145 Å². The van der Waals surface area contributed by atoms with E-state index in [0.717, 1.165) is 12.4 Å². The topological polar surface area (TPSA) is 76.0 Å². The molecule has 0 aromatic carbocycles. The van der Waals surface area contributed by atoms with Crippen molar-refractivity contribution in [3.05, 3.63) is 12.0 Å². The van der Waals surface area contributed by atoms with Gasteiger partial charge in [-0.25, -0.2) is 18.1 Å². The minimum Gasteiger partial charge on any atom is -0.334 e. The summed E-state index contributed by atoms with van der Waals surface area (Å²) in [5.41, 5.74) is 0. The number of rotatable bonds is 7. The fourth-order valence-corrected chi connectivity index (χ4v) is 3.98.